The third-order valence-electron chi connectivity index (χ3n) is 2.45. The number of hydrogen-bond acceptors (Lipinski definition) is 4. The van der Waals surface area contributed by atoms with Crippen molar-refractivity contribution in [3.8, 4) is 0 Å². The highest BCUT2D eigenvalue weighted by molar-refractivity contribution is 7.09. The summed E-state index contributed by atoms with van der Waals surface area (Å²) in [7, 11) is 1.31. The van der Waals surface area contributed by atoms with E-state index in [0.29, 0.717) is 6.42 Å². The van der Waals surface area contributed by atoms with E-state index in [1.165, 1.54) is 12.0 Å². The Labute approximate surface area is 110 Å². The summed E-state index contributed by atoms with van der Waals surface area (Å²) < 4.78 is 4.71. The second-order valence-electron chi connectivity index (χ2n) is 3.80. The van der Waals surface area contributed by atoms with E-state index in [9.17, 15) is 9.59 Å². The number of amides is 1. The van der Waals surface area contributed by atoms with Crippen LogP contribution in [-0.4, -0.2) is 36.7 Å². The van der Waals surface area contributed by atoms with Gasteiger partial charge >= 0.3 is 5.97 Å². The van der Waals surface area contributed by atoms with E-state index in [1.54, 1.807) is 11.3 Å². The minimum absolute atomic E-state index is 0.00364. The SMILES string of the molecule is COC(CNC(=O)CCCc1cccs1)C(=O)O. The van der Waals surface area contributed by atoms with Crippen molar-refractivity contribution in [3.63, 3.8) is 0 Å². The molecule has 2 N–H and O–H groups in total. The first kappa shape index (κ1) is 14.7. The van der Waals surface area contributed by atoms with Gasteiger partial charge in [0, 0.05) is 18.4 Å². The minimum Gasteiger partial charge on any atom is -0.479 e. The number of rotatable bonds is 8. The van der Waals surface area contributed by atoms with Crippen LogP contribution < -0.4 is 5.32 Å². The van der Waals surface area contributed by atoms with E-state index in [1.807, 2.05) is 17.5 Å². The van der Waals surface area contributed by atoms with Gasteiger partial charge in [0.25, 0.3) is 0 Å². The fraction of sp³-hybridized carbons (Fsp3) is 0.500. The molecule has 0 aliphatic rings. The Morgan fingerprint density at radius 2 is 2.33 bits per heavy atom. The molecule has 6 heteroatoms. The number of ether oxygens (including phenoxy) is 1. The molecule has 0 fully saturated rings. The molecule has 0 spiro atoms. The number of carboxylic acid groups (broad SMARTS) is 1. The minimum atomic E-state index is -1.07. The first-order chi connectivity index (χ1) is 8.63. The first-order valence-electron chi connectivity index (χ1n) is 5.68. The number of carbonyl (C=O) groups excluding carboxylic acids is 1. The zero-order valence-electron chi connectivity index (χ0n) is 10.2. The number of carboxylic acids is 1. The summed E-state index contributed by atoms with van der Waals surface area (Å²) in [6, 6.07) is 4.02. The van der Waals surface area contributed by atoms with Crippen molar-refractivity contribution in [1.29, 1.82) is 0 Å². The van der Waals surface area contributed by atoms with E-state index < -0.39 is 12.1 Å². The van der Waals surface area contributed by atoms with Crippen molar-refractivity contribution < 1.29 is 19.4 Å². The summed E-state index contributed by atoms with van der Waals surface area (Å²) in [6.07, 6.45) is 1.05. The van der Waals surface area contributed by atoms with Crippen LogP contribution in [0.4, 0.5) is 0 Å². The zero-order chi connectivity index (χ0) is 13.4. The Morgan fingerprint density at radius 1 is 1.56 bits per heavy atom. The molecule has 1 heterocycles. The Bertz CT molecular complexity index is 377. The van der Waals surface area contributed by atoms with Crippen LogP contribution in [0.3, 0.4) is 0 Å². The molecule has 0 saturated carbocycles. The lowest BCUT2D eigenvalue weighted by molar-refractivity contribution is -0.148. The highest BCUT2D eigenvalue weighted by atomic mass is 32.1. The standard InChI is InChI=1S/C12H17NO4S/c1-17-10(12(15)16)8-13-11(14)6-2-4-9-5-3-7-18-9/h3,5,7,10H,2,4,6,8H2,1H3,(H,13,14)(H,15,16). The fourth-order valence-electron chi connectivity index (χ4n) is 1.44. The summed E-state index contributed by atoms with van der Waals surface area (Å²) in [5.74, 6) is -1.22. The van der Waals surface area contributed by atoms with Gasteiger partial charge in [0.1, 0.15) is 0 Å². The summed E-state index contributed by atoms with van der Waals surface area (Å²) in [5, 5.41) is 13.3. The number of thiophene rings is 1. The van der Waals surface area contributed by atoms with E-state index in [-0.39, 0.29) is 12.5 Å². The van der Waals surface area contributed by atoms with E-state index in [4.69, 9.17) is 9.84 Å². The lowest BCUT2D eigenvalue weighted by atomic mass is 10.2. The molecule has 0 bridgehead atoms. The van der Waals surface area contributed by atoms with E-state index in [2.05, 4.69) is 5.32 Å². The Kier molecular flexibility index (Phi) is 6.38. The first-order valence-corrected chi connectivity index (χ1v) is 6.56. The van der Waals surface area contributed by atoms with Crippen molar-refractivity contribution in [2.45, 2.75) is 25.4 Å². The van der Waals surface area contributed by atoms with Gasteiger partial charge in [-0.25, -0.2) is 4.79 Å². The van der Waals surface area contributed by atoms with Crippen LogP contribution in [-0.2, 0) is 20.7 Å². The quantitative estimate of drug-likeness (QED) is 0.747. The smallest absolute Gasteiger partial charge is 0.334 e. The van der Waals surface area contributed by atoms with Gasteiger partial charge in [-0.3, -0.25) is 4.79 Å². The molecule has 0 radical (unpaired) electrons. The van der Waals surface area contributed by atoms with Crippen LogP contribution in [0.1, 0.15) is 17.7 Å². The summed E-state index contributed by atoms with van der Waals surface area (Å²) in [5.41, 5.74) is 0. The van der Waals surface area contributed by atoms with Crippen LogP contribution in [0.25, 0.3) is 0 Å². The normalized spacial score (nSPS) is 12.1. The molecule has 5 nitrogen and oxygen atoms in total. The van der Waals surface area contributed by atoms with Crippen molar-refractivity contribution >= 4 is 23.2 Å². The van der Waals surface area contributed by atoms with Gasteiger partial charge in [0.05, 0.1) is 6.54 Å². The van der Waals surface area contributed by atoms with Crippen LogP contribution in [0.2, 0.25) is 0 Å². The van der Waals surface area contributed by atoms with Gasteiger partial charge in [-0.1, -0.05) is 6.07 Å². The van der Waals surface area contributed by atoms with E-state index >= 15 is 0 Å². The lowest BCUT2D eigenvalue weighted by Crippen LogP contribution is -2.37. The topological polar surface area (TPSA) is 75.6 Å². The molecule has 100 valence electrons. The second-order valence-corrected chi connectivity index (χ2v) is 4.83. The van der Waals surface area contributed by atoms with Crippen LogP contribution in [0.15, 0.2) is 17.5 Å². The fourth-order valence-corrected chi connectivity index (χ4v) is 2.20. The van der Waals surface area contributed by atoms with Crippen LogP contribution in [0.5, 0.6) is 0 Å². The van der Waals surface area contributed by atoms with Gasteiger partial charge in [-0.05, 0) is 24.3 Å². The average molecular weight is 271 g/mol. The molecule has 0 aliphatic heterocycles. The molecule has 1 aromatic rings. The molecule has 18 heavy (non-hydrogen) atoms. The number of methoxy groups -OCH3 is 1. The second kappa shape index (κ2) is 7.84. The zero-order valence-corrected chi connectivity index (χ0v) is 11.0. The maximum Gasteiger partial charge on any atom is 0.334 e. The highest BCUT2D eigenvalue weighted by Gasteiger charge is 2.16. The predicted molar refractivity (Wildman–Crippen MR) is 68.7 cm³/mol. The molecule has 1 aromatic heterocycles. The molecule has 1 atom stereocenters. The van der Waals surface area contributed by atoms with E-state index in [0.717, 1.165) is 12.8 Å². The average Bonchev–Trinajstić information content (AvgIpc) is 2.82. The molecule has 0 aliphatic carbocycles. The van der Waals surface area contributed by atoms with Crippen molar-refractivity contribution in [3.05, 3.63) is 22.4 Å². The monoisotopic (exact) mass is 271 g/mol. The number of aryl methyl sites for hydroxylation is 1. The molecular weight excluding hydrogens is 254 g/mol. The molecule has 0 saturated heterocycles. The van der Waals surface area contributed by atoms with Crippen molar-refractivity contribution in [2.75, 3.05) is 13.7 Å². The predicted octanol–water partition coefficient (Wildman–Crippen LogP) is 1.29. The summed E-state index contributed by atoms with van der Waals surface area (Å²) in [6.45, 7) is 0.00364. The number of hydrogen-bond donors (Lipinski definition) is 2. The van der Waals surface area contributed by atoms with Gasteiger partial charge in [0.15, 0.2) is 6.10 Å². The number of carbonyl (C=O) groups is 2. The summed E-state index contributed by atoms with van der Waals surface area (Å²) in [4.78, 5) is 23.3. The molecule has 1 amide bonds. The lowest BCUT2D eigenvalue weighted by Gasteiger charge is -2.11. The number of nitrogens with one attached hydrogen (secondary N) is 1. The third-order valence-corrected chi connectivity index (χ3v) is 3.39. The van der Waals surface area contributed by atoms with Crippen LogP contribution in [0, 0.1) is 0 Å². The third kappa shape index (κ3) is 5.29. The van der Waals surface area contributed by atoms with Crippen LogP contribution >= 0.6 is 11.3 Å². The molecule has 0 aromatic carbocycles. The van der Waals surface area contributed by atoms with Crippen molar-refractivity contribution in [2.24, 2.45) is 0 Å². The molecular formula is C12H17NO4S. The largest absolute Gasteiger partial charge is 0.479 e. The van der Waals surface area contributed by atoms with Crippen molar-refractivity contribution in [1.82, 2.24) is 5.32 Å². The van der Waals surface area contributed by atoms with Gasteiger partial charge < -0.3 is 15.2 Å². The maximum absolute atomic E-state index is 11.5. The molecule has 1 rings (SSSR count). The highest BCUT2D eigenvalue weighted by Crippen LogP contribution is 2.11. The maximum atomic E-state index is 11.5. The van der Waals surface area contributed by atoms with Gasteiger partial charge in [0.2, 0.25) is 5.91 Å². The van der Waals surface area contributed by atoms with Gasteiger partial charge in [-0.15, -0.1) is 11.3 Å². The Morgan fingerprint density at radius 3 is 2.89 bits per heavy atom. The Hall–Kier alpha value is -1.40. The summed E-state index contributed by atoms with van der Waals surface area (Å²) >= 11 is 1.67. The molecule has 1 unspecified atom stereocenters. The number of aliphatic carboxylic acids is 1. The Balaban J connectivity index is 2.15. The van der Waals surface area contributed by atoms with Gasteiger partial charge in [-0.2, -0.15) is 0 Å².